The SMILES string of the molecule is C=CCn1c(SCC(=O)Nc2sc3c(c2C(=O)OC)CCC(C)C3)nnc1-c1ccccc1C. The van der Waals surface area contributed by atoms with Gasteiger partial charge in [-0.1, -0.05) is 49.0 Å². The quantitative estimate of drug-likeness (QED) is 0.264. The number of allylic oxidation sites excluding steroid dienone is 1. The first-order valence-electron chi connectivity index (χ1n) is 11.2. The van der Waals surface area contributed by atoms with Crippen molar-refractivity contribution in [2.75, 3.05) is 18.2 Å². The van der Waals surface area contributed by atoms with Gasteiger partial charge in [-0.25, -0.2) is 4.79 Å². The van der Waals surface area contributed by atoms with Crippen molar-refractivity contribution < 1.29 is 14.3 Å². The summed E-state index contributed by atoms with van der Waals surface area (Å²) < 4.78 is 6.97. The maximum Gasteiger partial charge on any atom is 0.341 e. The third-order valence-corrected chi connectivity index (χ3v) is 8.04. The van der Waals surface area contributed by atoms with Crippen LogP contribution in [0.2, 0.25) is 0 Å². The number of nitrogens with one attached hydrogen (secondary N) is 1. The number of carbonyl (C=O) groups excluding carboxylic acids is 2. The van der Waals surface area contributed by atoms with Crippen molar-refractivity contribution in [3.8, 4) is 11.4 Å². The van der Waals surface area contributed by atoms with Crippen molar-refractivity contribution in [1.29, 1.82) is 0 Å². The Kier molecular flexibility index (Phi) is 7.53. The Labute approximate surface area is 207 Å². The number of rotatable bonds is 8. The Morgan fingerprint density at radius 3 is 2.88 bits per heavy atom. The first-order chi connectivity index (χ1) is 16.4. The van der Waals surface area contributed by atoms with E-state index in [4.69, 9.17) is 4.74 Å². The number of thioether (sulfide) groups is 1. The molecule has 4 rings (SSSR count). The van der Waals surface area contributed by atoms with Crippen LogP contribution in [0.4, 0.5) is 5.00 Å². The molecule has 0 saturated carbocycles. The number of nitrogens with zero attached hydrogens (tertiary/aromatic N) is 3. The zero-order valence-corrected chi connectivity index (χ0v) is 21.2. The molecule has 2 aromatic heterocycles. The first-order valence-corrected chi connectivity index (χ1v) is 13.0. The summed E-state index contributed by atoms with van der Waals surface area (Å²) in [6, 6.07) is 7.99. The fourth-order valence-electron chi connectivity index (χ4n) is 4.16. The molecule has 178 valence electrons. The number of fused-ring (bicyclic) bond motifs is 1. The maximum atomic E-state index is 12.9. The standard InChI is InChI=1S/C25H28N4O3S2/c1-5-12-29-22(17-9-7-6-8-16(17)3)27-28-25(29)33-14-20(30)26-23-21(24(31)32-4)18-11-10-15(2)13-19(18)34-23/h5-9,15H,1,10-14H2,2-4H3,(H,26,30). The molecule has 3 aromatic rings. The third-order valence-electron chi connectivity index (χ3n) is 5.90. The van der Waals surface area contributed by atoms with E-state index < -0.39 is 5.97 Å². The summed E-state index contributed by atoms with van der Waals surface area (Å²) in [5, 5.41) is 12.9. The fraction of sp³-hybridized carbons (Fsp3) is 0.360. The highest BCUT2D eigenvalue weighted by atomic mass is 32.2. The number of amides is 1. The lowest BCUT2D eigenvalue weighted by molar-refractivity contribution is -0.113. The molecule has 0 fully saturated rings. The summed E-state index contributed by atoms with van der Waals surface area (Å²) in [6.45, 7) is 8.62. The normalized spacial score (nSPS) is 15.0. The highest BCUT2D eigenvalue weighted by molar-refractivity contribution is 7.99. The molecule has 1 N–H and O–H groups in total. The van der Waals surface area contributed by atoms with Gasteiger partial charge in [0.2, 0.25) is 5.91 Å². The second-order valence-corrected chi connectivity index (χ2v) is 10.5. The maximum absolute atomic E-state index is 12.9. The van der Waals surface area contributed by atoms with E-state index in [-0.39, 0.29) is 11.7 Å². The van der Waals surface area contributed by atoms with Crippen LogP contribution >= 0.6 is 23.1 Å². The molecule has 1 amide bonds. The van der Waals surface area contributed by atoms with Crippen LogP contribution in [-0.2, 0) is 28.9 Å². The monoisotopic (exact) mass is 496 g/mol. The smallest absolute Gasteiger partial charge is 0.341 e. The van der Waals surface area contributed by atoms with E-state index in [1.54, 1.807) is 6.08 Å². The van der Waals surface area contributed by atoms with Gasteiger partial charge < -0.3 is 10.1 Å². The van der Waals surface area contributed by atoms with Crippen LogP contribution in [0.15, 0.2) is 42.1 Å². The topological polar surface area (TPSA) is 86.1 Å². The molecular weight excluding hydrogens is 468 g/mol. The lowest BCUT2D eigenvalue weighted by Gasteiger charge is -2.18. The summed E-state index contributed by atoms with van der Waals surface area (Å²) in [7, 11) is 1.37. The first kappa shape index (κ1) is 24.2. The number of thiophene rings is 1. The van der Waals surface area contributed by atoms with Gasteiger partial charge in [0.25, 0.3) is 0 Å². The van der Waals surface area contributed by atoms with Crippen molar-refractivity contribution in [3.05, 3.63) is 58.5 Å². The zero-order chi connectivity index (χ0) is 24.2. The average Bonchev–Trinajstić information content (AvgIpc) is 3.38. The summed E-state index contributed by atoms with van der Waals surface area (Å²) >= 11 is 2.79. The van der Waals surface area contributed by atoms with Crippen molar-refractivity contribution in [3.63, 3.8) is 0 Å². The molecule has 0 bridgehead atoms. The van der Waals surface area contributed by atoms with Crippen LogP contribution in [0.5, 0.6) is 0 Å². The highest BCUT2D eigenvalue weighted by Crippen LogP contribution is 2.40. The summed E-state index contributed by atoms with van der Waals surface area (Å²) in [6.07, 6.45) is 4.56. The van der Waals surface area contributed by atoms with Gasteiger partial charge in [0.15, 0.2) is 11.0 Å². The van der Waals surface area contributed by atoms with Gasteiger partial charge in [0.05, 0.1) is 18.4 Å². The van der Waals surface area contributed by atoms with Crippen LogP contribution in [0.25, 0.3) is 11.4 Å². The molecule has 1 aliphatic carbocycles. The zero-order valence-electron chi connectivity index (χ0n) is 19.6. The lowest BCUT2D eigenvalue weighted by atomic mass is 9.88. The molecule has 0 radical (unpaired) electrons. The van der Waals surface area contributed by atoms with E-state index in [1.165, 1.54) is 30.2 Å². The Balaban J connectivity index is 1.52. The minimum absolute atomic E-state index is 0.141. The Hall–Kier alpha value is -2.91. The number of esters is 1. The van der Waals surface area contributed by atoms with Crippen molar-refractivity contribution >= 4 is 40.0 Å². The number of aryl methyl sites for hydroxylation is 1. The molecule has 1 aliphatic rings. The van der Waals surface area contributed by atoms with Crippen LogP contribution in [-0.4, -0.2) is 39.5 Å². The number of aromatic nitrogens is 3. The predicted octanol–water partition coefficient (Wildman–Crippen LogP) is 5.14. The number of carbonyl (C=O) groups is 2. The van der Waals surface area contributed by atoms with E-state index in [0.29, 0.717) is 28.2 Å². The minimum Gasteiger partial charge on any atom is -0.465 e. The van der Waals surface area contributed by atoms with Gasteiger partial charge in [0, 0.05) is 17.0 Å². The van der Waals surface area contributed by atoms with Gasteiger partial charge in [-0.2, -0.15) is 0 Å². The molecule has 1 unspecified atom stereocenters. The van der Waals surface area contributed by atoms with Crippen molar-refractivity contribution in [1.82, 2.24) is 14.8 Å². The molecule has 9 heteroatoms. The lowest BCUT2D eigenvalue weighted by Crippen LogP contribution is -2.17. The fourth-order valence-corrected chi connectivity index (χ4v) is 6.32. The largest absolute Gasteiger partial charge is 0.465 e. The number of ether oxygens (including phenoxy) is 1. The minimum atomic E-state index is -0.399. The molecule has 0 spiro atoms. The molecule has 1 aromatic carbocycles. The van der Waals surface area contributed by atoms with E-state index in [9.17, 15) is 9.59 Å². The van der Waals surface area contributed by atoms with Crippen molar-refractivity contribution in [2.45, 2.75) is 44.8 Å². The highest BCUT2D eigenvalue weighted by Gasteiger charge is 2.29. The van der Waals surface area contributed by atoms with Crippen molar-refractivity contribution in [2.24, 2.45) is 5.92 Å². The van der Waals surface area contributed by atoms with Crippen LogP contribution in [0.1, 0.15) is 39.7 Å². The number of methoxy groups -OCH3 is 1. The van der Waals surface area contributed by atoms with E-state index in [1.807, 2.05) is 35.8 Å². The van der Waals surface area contributed by atoms with Crippen LogP contribution < -0.4 is 5.32 Å². The Morgan fingerprint density at radius 2 is 2.15 bits per heavy atom. The van der Waals surface area contributed by atoms with E-state index in [0.717, 1.165) is 46.7 Å². The van der Waals surface area contributed by atoms with Gasteiger partial charge in [0.1, 0.15) is 5.00 Å². The Morgan fingerprint density at radius 1 is 1.35 bits per heavy atom. The van der Waals surface area contributed by atoms with Crippen LogP contribution in [0, 0.1) is 12.8 Å². The number of hydrogen-bond acceptors (Lipinski definition) is 7. The van der Waals surface area contributed by atoms with Gasteiger partial charge in [-0.05, 0) is 43.2 Å². The molecule has 2 heterocycles. The summed E-state index contributed by atoms with van der Waals surface area (Å²) in [5.74, 6) is 0.849. The summed E-state index contributed by atoms with van der Waals surface area (Å²) in [5.41, 5.74) is 3.62. The van der Waals surface area contributed by atoms with Gasteiger partial charge >= 0.3 is 5.97 Å². The van der Waals surface area contributed by atoms with Crippen LogP contribution in [0.3, 0.4) is 0 Å². The molecule has 7 nitrogen and oxygen atoms in total. The number of anilines is 1. The number of hydrogen-bond donors (Lipinski definition) is 1. The second kappa shape index (κ2) is 10.6. The van der Waals surface area contributed by atoms with E-state index >= 15 is 0 Å². The third kappa shape index (κ3) is 4.95. The average molecular weight is 497 g/mol. The second-order valence-electron chi connectivity index (χ2n) is 8.40. The Bertz CT molecular complexity index is 1230. The molecule has 34 heavy (non-hydrogen) atoms. The predicted molar refractivity (Wildman–Crippen MR) is 137 cm³/mol. The van der Waals surface area contributed by atoms with Gasteiger partial charge in [-0.3, -0.25) is 9.36 Å². The van der Waals surface area contributed by atoms with Gasteiger partial charge in [-0.15, -0.1) is 28.1 Å². The van der Waals surface area contributed by atoms with E-state index in [2.05, 4.69) is 29.0 Å². The molecule has 0 aliphatic heterocycles. The number of benzene rings is 1. The molecule has 0 saturated heterocycles. The molecule has 1 atom stereocenters. The molecular formula is C25H28N4O3S2. The summed E-state index contributed by atoms with van der Waals surface area (Å²) in [4.78, 5) is 26.5.